The lowest BCUT2D eigenvalue weighted by Gasteiger charge is -2.42. The van der Waals surface area contributed by atoms with Gasteiger partial charge in [0.25, 0.3) is 5.91 Å². The van der Waals surface area contributed by atoms with Crippen molar-refractivity contribution in [3.05, 3.63) is 113 Å². The van der Waals surface area contributed by atoms with E-state index < -0.39 is 29.1 Å². The number of amides is 2. The molecule has 0 saturated carbocycles. The zero-order valence-corrected chi connectivity index (χ0v) is 16.1. The van der Waals surface area contributed by atoms with Gasteiger partial charge in [-0.1, -0.05) is 42.5 Å². The van der Waals surface area contributed by atoms with Gasteiger partial charge in [0.15, 0.2) is 11.4 Å². The summed E-state index contributed by atoms with van der Waals surface area (Å²) in [7, 11) is 0. The Hall–Kier alpha value is -4.19. The van der Waals surface area contributed by atoms with Crippen LogP contribution in [0.1, 0.15) is 0 Å². The third-order valence-electron chi connectivity index (χ3n) is 5.86. The largest absolute Gasteiger partial charge is 0.472 e. The first-order chi connectivity index (χ1) is 15.0. The van der Waals surface area contributed by atoms with Crippen molar-refractivity contribution in [3.63, 3.8) is 0 Å². The molecule has 0 bridgehead atoms. The Morgan fingerprint density at radius 2 is 1.81 bits per heavy atom. The lowest BCUT2D eigenvalue weighted by molar-refractivity contribution is -0.129. The van der Waals surface area contributed by atoms with Crippen molar-refractivity contribution in [2.45, 2.75) is 5.60 Å². The highest BCUT2D eigenvalue weighted by Crippen LogP contribution is 2.49. The summed E-state index contributed by atoms with van der Waals surface area (Å²) in [6.07, 6.45) is 14.5. The molecule has 1 aromatic rings. The van der Waals surface area contributed by atoms with Crippen LogP contribution in [0.4, 0.5) is 0 Å². The van der Waals surface area contributed by atoms with E-state index in [2.05, 4.69) is 5.32 Å². The minimum atomic E-state index is -1.16. The van der Waals surface area contributed by atoms with E-state index in [1.807, 2.05) is 72.9 Å². The first-order valence-electron chi connectivity index (χ1n) is 9.84. The van der Waals surface area contributed by atoms with Crippen LogP contribution < -0.4 is 10.1 Å². The van der Waals surface area contributed by atoms with E-state index in [-0.39, 0.29) is 11.3 Å². The van der Waals surface area contributed by atoms with E-state index in [4.69, 9.17) is 9.47 Å². The van der Waals surface area contributed by atoms with E-state index >= 15 is 0 Å². The van der Waals surface area contributed by atoms with Crippen molar-refractivity contribution in [1.29, 1.82) is 0 Å². The van der Waals surface area contributed by atoms with Crippen molar-refractivity contribution >= 4 is 17.6 Å². The van der Waals surface area contributed by atoms with E-state index in [1.54, 1.807) is 0 Å². The van der Waals surface area contributed by atoms with Crippen molar-refractivity contribution in [3.8, 4) is 5.75 Å². The highest BCUT2D eigenvalue weighted by molar-refractivity contribution is 6.27. The van der Waals surface area contributed by atoms with Gasteiger partial charge in [-0.3, -0.25) is 19.7 Å². The molecular weight excluding hydrogens is 394 g/mol. The highest BCUT2D eigenvalue weighted by atomic mass is 16.5. The molecule has 2 heterocycles. The second-order valence-electron chi connectivity index (χ2n) is 7.71. The lowest BCUT2D eigenvalue weighted by Crippen LogP contribution is -2.41. The molecule has 1 N–H and O–H groups in total. The summed E-state index contributed by atoms with van der Waals surface area (Å²) in [4.78, 5) is 37.2. The van der Waals surface area contributed by atoms with E-state index in [0.717, 1.165) is 11.1 Å². The van der Waals surface area contributed by atoms with Gasteiger partial charge in [0.05, 0.1) is 5.57 Å². The Kier molecular flexibility index (Phi) is 3.50. The van der Waals surface area contributed by atoms with Crippen molar-refractivity contribution in [2.75, 3.05) is 0 Å². The van der Waals surface area contributed by atoms with Gasteiger partial charge in [0.2, 0.25) is 5.91 Å². The summed E-state index contributed by atoms with van der Waals surface area (Å²) in [5.41, 5.74) is 1.19. The van der Waals surface area contributed by atoms with Crippen LogP contribution in [0.15, 0.2) is 113 Å². The number of allylic oxidation sites excluding steroid dienone is 5. The molecule has 2 atom stereocenters. The second kappa shape index (κ2) is 6.15. The summed E-state index contributed by atoms with van der Waals surface area (Å²) in [6, 6.07) is 9.39. The number of para-hydroxylation sites is 1. The van der Waals surface area contributed by atoms with Crippen LogP contribution in [0, 0.1) is 5.92 Å². The smallest absolute Gasteiger partial charge is 0.258 e. The molecule has 1 aromatic carbocycles. The number of carbonyl (C=O) groups is 3. The fourth-order valence-electron chi connectivity index (χ4n) is 4.45. The molecular formula is C25H15NO5. The molecule has 0 radical (unpaired) electrons. The number of rotatable bonds is 2. The first-order valence-corrected chi connectivity index (χ1v) is 9.84. The highest BCUT2D eigenvalue weighted by Gasteiger charge is 2.51. The monoisotopic (exact) mass is 409 g/mol. The Morgan fingerprint density at radius 1 is 0.968 bits per heavy atom. The SMILES string of the molecule is O=C1NC(=O)C2C(=O)C=C3C=C4C=CC=C5C=CC(Oc6ccccc6)=CC54OC3=C12. The number of benzene rings is 1. The van der Waals surface area contributed by atoms with E-state index in [9.17, 15) is 14.4 Å². The second-order valence-corrected chi connectivity index (χ2v) is 7.71. The topological polar surface area (TPSA) is 81.7 Å². The van der Waals surface area contributed by atoms with Crippen LogP contribution in [0.5, 0.6) is 5.75 Å². The zero-order chi connectivity index (χ0) is 21.2. The lowest BCUT2D eigenvalue weighted by atomic mass is 9.75. The Balaban J connectivity index is 1.51. The molecule has 6 nitrogen and oxygen atoms in total. The van der Waals surface area contributed by atoms with Crippen molar-refractivity contribution in [1.82, 2.24) is 5.32 Å². The molecule has 31 heavy (non-hydrogen) atoms. The van der Waals surface area contributed by atoms with Crippen LogP contribution in [0.2, 0.25) is 0 Å². The minimum absolute atomic E-state index is 0.0690. The maximum absolute atomic E-state index is 12.5. The summed E-state index contributed by atoms with van der Waals surface area (Å²) in [6.45, 7) is 0. The van der Waals surface area contributed by atoms with Gasteiger partial charge in [0, 0.05) is 22.8 Å². The molecule has 150 valence electrons. The molecule has 6 heteroatoms. The number of ether oxygens (including phenoxy) is 2. The summed E-state index contributed by atoms with van der Waals surface area (Å²) >= 11 is 0. The van der Waals surface area contributed by atoms with E-state index in [1.165, 1.54) is 6.08 Å². The Labute approximate surface area is 177 Å². The summed E-state index contributed by atoms with van der Waals surface area (Å²) in [5.74, 6) is -1.27. The molecule has 6 rings (SSSR count). The molecule has 3 aliphatic carbocycles. The van der Waals surface area contributed by atoms with Gasteiger partial charge in [-0.2, -0.15) is 0 Å². The van der Waals surface area contributed by atoms with Gasteiger partial charge >= 0.3 is 0 Å². The van der Waals surface area contributed by atoms with Crippen LogP contribution in [0.25, 0.3) is 0 Å². The fourth-order valence-corrected chi connectivity index (χ4v) is 4.45. The standard InChI is InChI=1S/C25H15NO5/c27-19-12-14-11-16-6-4-5-15-9-10-18(30-17-7-2-1-3-8-17)13-25(15,16)31-22(14)21-20(19)23(28)26-24(21)29/h1-13,20H,(H,26,28,29). The van der Waals surface area contributed by atoms with Crippen LogP contribution >= 0.6 is 0 Å². The van der Waals surface area contributed by atoms with E-state index in [0.29, 0.717) is 17.1 Å². The van der Waals surface area contributed by atoms with Crippen LogP contribution in [-0.4, -0.2) is 23.2 Å². The third-order valence-corrected chi connectivity index (χ3v) is 5.86. The molecule has 2 amide bonds. The average Bonchev–Trinajstić information content (AvgIpc) is 3.07. The predicted octanol–water partition coefficient (Wildman–Crippen LogP) is 2.75. The number of nitrogens with one attached hydrogen (secondary N) is 1. The summed E-state index contributed by atoms with van der Waals surface area (Å²) < 4.78 is 12.5. The quantitative estimate of drug-likeness (QED) is 0.600. The van der Waals surface area contributed by atoms with Gasteiger partial charge in [-0.25, -0.2) is 0 Å². The average molecular weight is 409 g/mol. The van der Waals surface area contributed by atoms with Crippen LogP contribution in [0.3, 0.4) is 0 Å². The number of hydrogen-bond donors (Lipinski definition) is 1. The molecule has 2 aliphatic heterocycles. The predicted molar refractivity (Wildman–Crippen MR) is 110 cm³/mol. The van der Waals surface area contributed by atoms with Crippen molar-refractivity contribution < 1.29 is 23.9 Å². The van der Waals surface area contributed by atoms with Crippen molar-refractivity contribution in [2.24, 2.45) is 5.92 Å². The maximum atomic E-state index is 12.5. The Morgan fingerprint density at radius 3 is 2.65 bits per heavy atom. The summed E-state index contributed by atoms with van der Waals surface area (Å²) in [5, 5.41) is 2.23. The molecule has 0 aromatic heterocycles. The number of fused-ring (bicyclic) bond motifs is 2. The van der Waals surface area contributed by atoms with Gasteiger partial charge in [-0.15, -0.1) is 0 Å². The van der Waals surface area contributed by atoms with Gasteiger partial charge in [0.1, 0.15) is 23.2 Å². The fraction of sp³-hybridized carbons (Fsp3) is 0.0800. The molecule has 1 saturated heterocycles. The number of imide groups is 1. The first kappa shape index (κ1) is 17.7. The normalized spacial score (nSPS) is 27.6. The number of hydrogen-bond acceptors (Lipinski definition) is 5. The Bertz CT molecular complexity index is 1300. The van der Waals surface area contributed by atoms with Gasteiger partial charge in [-0.05, 0) is 30.4 Å². The molecule has 5 aliphatic rings. The maximum Gasteiger partial charge on any atom is 0.258 e. The number of carbonyl (C=O) groups excluding carboxylic acids is 3. The van der Waals surface area contributed by atoms with Crippen LogP contribution in [-0.2, 0) is 19.1 Å². The van der Waals surface area contributed by atoms with Gasteiger partial charge < -0.3 is 9.47 Å². The third kappa shape index (κ3) is 2.48. The zero-order valence-electron chi connectivity index (χ0n) is 16.1. The molecule has 1 spiro atoms. The minimum Gasteiger partial charge on any atom is -0.472 e. The molecule has 1 fully saturated rings. The molecule has 2 unspecified atom stereocenters. The number of ketones is 1.